The van der Waals surface area contributed by atoms with Gasteiger partial charge >= 0.3 is 0 Å². The maximum atomic E-state index is 13.5. The number of benzene rings is 3. The van der Waals surface area contributed by atoms with Gasteiger partial charge in [-0.25, -0.2) is 8.42 Å². The van der Waals surface area contributed by atoms with Crippen molar-refractivity contribution in [1.82, 2.24) is 9.62 Å². The molecule has 3 aromatic rings. The van der Waals surface area contributed by atoms with Gasteiger partial charge in [-0.2, -0.15) is 4.31 Å². The van der Waals surface area contributed by atoms with Gasteiger partial charge in [-0.3, -0.25) is 4.79 Å². The molecule has 4 rings (SSSR count). The molecular weight excluding hydrogens is 448 g/mol. The first-order valence-corrected chi connectivity index (χ1v) is 13.0. The van der Waals surface area contributed by atoms with E-state index in [9.17, 15) is 13.2 Å². The van der Waals surface area contributed by atoms with Crippen molar-refractivity contribution in [3.63, 3.8) is 0 Å². The minimum Gasteiger partial charge on any atom is -0.496 e. The molecule has 1 saturated heterocycles. The van der Waals surface area contributed by atoms with Gasteiger partial charge in [0.15, 0.2) is 0 Å². The minimum atomic E-state index is -3.68. The number of sulfonamides is 1. The molecule has 0 spiro atoms. The summed E-state index contributed by atoms with van der Waals surface area (Å²) in [5.41, 5.74) is 3.14. The summed E-state index contributed by atoms with van der Waals surface area (Å²) in [6.07, 6.45) is 2.72. The van der Waals surface area contributed by atoms with E-state index >= 15 is 0 Å². The maximum Gasteiger partial charge on any atom is 0.255 e. The van der Waals surface area contributed by atoms with Crippen LogP contribution in [0.5, 0.6) is 5.75 Å². The SMILES string of the molecule is COc1ccc(S(=O)(=O)N2CCCCC2)cc1C(=O)N[C@H](c1ccccc1)c1ccccc1C. The van der Waals surface area contributed by atoms with Crippen molar-refractivity contribution >= 4 is 15.9 Å². The highest BCUT2D eigenvalue weighted by Gasteiger charge is 2.28. The predicted molar refractivity (Wildman–Crippen MR) is 133 cm³/mol. The second-order valence-electron chi connectivity index (χ2n) is 8.50. The van der Waals surface area contributed by atoms with Gasteiger partial charge in [0.05, 0.1) is 23.6 Å². The van der Waals surface area contributed by atoms with E-state index in [2.05, 4.69) is 5.32 Å². The molecule has 0 aliphatic carbocycles. The number of nitrogens with zero attached hydrogens (tertiary/aromatic N) is 1. The van der Waals surface area contributed by atoms with Crippen LogP contribution in [-0.2, 0) is 10.0 Å². The van der Waals surface area contributed by atoms with Crippen molar-refractivity contribution in [3.8, 4) is 5.75 Å². The molecular formula is C27H30N2O4S. The summed E-state index contributed by atoms with van der Waals surface area (Å²) in [5, 5.41) is 3.11. The third kappa shape index (κ3) is 5.00. The zero-order valence-corrected chi connectivity index (χ0v) is 20.3. The number of piperidine rings is 1. The Balaban J connectivity index is 1.71. The van der Waals surface area contributed by atoms with Crippen LogP contribution in [0.1, 0.15) is 52.4 Å². The summed E-state index contributed by atoms with van der Waals surface area (Å²) in [4.78, 5) is 13.7. The molecule has 7 heteroatoms. The highest BCUT2D eigenvalue weighted by molar-refractivity contribution is 7.89. The summed E-state index contributed by atoms with van der Waals surface area (Å²) in [6, 6.07) is 21.7. The second kappa shape index (κ2) is 10.4. The number of amides is 1. The largest absolute Gasteiger partial charge is 0.496 e. The van der Waals surface area contributed by atoms with Gasteiger partial charge in [0, 0.05) is 13.1 Å². The fraction of sp³-hybridized carbons (Fsp3) is 0.296. The van der Waals surface area contributed by atoms with Gasteiger partial charge in [-0.05, 0) is 54.7 Å². The standard InChI is InChI=1S/C27H30N2O4S/c1-20-11-7-8-14-23(20)26(21-12-5-3-6-13-21)28-27(30)24-19-22(15-16-25(24)33-2)34(31,32)29-17-9-4-10-18-29/h3,5-8,11-16,19,26H,4,9-10,17-18H2,1-2H3,(H,28,30)/t26-/m1/s1. The Morgan fingerprint density at radius 3 is 2.29 bits per heavy atom. The molecule has 1 heterocycles. The van der Waals surface area contributed by atoms with Crippen LogP contribution in [0.25, 0.3) is 0 Å². The number of ether oxygens (including phenoxy) is 1. The molecule has 0 bridgehead atoms. The van der Waals surface area contributed by atoms with Crippen molar-refractivity contribution in [2.24, 2.45) is 0 Å². The molecule has 0 unspecified atom stereocenters. The van der Waals surface area contributed by atoms with Gasteiger partial charge in [0.2, 0.25) is 10.0 Å². The number of hydrogen-bond donors (Lipinski definition) is 1. The number of aryl methyl sites for hydroxylation is 1. The van der Waals surface area contributed by atoms with Crippen LogP contribution in [0.2, 0.25) is 0 Å². The van der Waals surface area contributed by atoms with Crippen LogP contribution >= 0.6 is 0 Å². The van der Waals surface area contributed by atoms with Crippen LogP contribution in [-0.4, -0.2) is 38.8 Å². The fourth-order valence-corrected chi connectivity index (χ4v) is 5.93. The predicted octanol–water partition coefficient (Wildman–Crippen LogP) is 4.70. The van der Waals surface area contributed by atoms with Crippen molar-refractivity contribution < 1.29 is 17.9 Å². The van der Waals surface area contributed by atoms with Crippen molar-refractivity contribution in [3.05, 3.63) is 95.1 Å². The van der Waals surface area contributed by atoms with Crippen LogP contribution in [0.15, 0.2) is 77.7 Å². The Hall–Kier alpha value is -3.16. The van der Waals surface area contributed by atoms with Gasteiger partial charge in [0.25, 0.3) is 5.91 Å². The van der Waals surface area contributed by atoms with Gasteiger partial charge in [-0.1, -0.05) is 61.0 Å². The van der Waals surface area contributed by atoms with E-state index in [1.807, 2.05) is 61.5 Å². The van der Waals surface area contributed by atoms with Crippen LogP contribution in [0.3, 0.4) is 0 Å². The molecule has 3 aromatic carbocycles. The van der Waals surface area contributed by atoms with E-state index in [4.69, 9.17) is 4.74 Å². The molecule has 1 amide bonds. The average molecular weight is 479 g/mol. The van der Waals surface area contributed by atoms with E-state index in [0.717, 1.165) is 36.0 Å². The third-order valence-electron chi connectivity index (χ3n) is 6.28. The third-order valence-corrected chi connectivity index (χ3v) is 8.17. The van der Waals surface area contributed by atoms with Crippen molar-refractivity contribution in [1.29, 1.82) is 0 Å². The molecule has 1 N–H and O–H groups in total. The first-order valence-electron chi connectivity index (χ1n) is 11.5. The monoisotopic (exact) mass is 478 g/mol. The van der Waals surface area contributed by atoms with Gasteiger partial charge in [0.1, 0.15) is 5.75 Å². The molecule has 178 valence electrons. The zero-order chi connectivity index (χ0) is 24.1. The van der Waals surface area contributed by atoms with Gasteiger partial charge < -0.3 is 10.1 Å². The average Bonchev–Trinajstić information content (AvgIpc) is 2.88. The van der Waals surface area contributed by atoms with Crippen LogP contribution < -0.4 is 10.1 Å². The molecule has 1 fully saturated rings. The van der Waals surface area contributed by atoms with Crippen LogP contribution in [0.4, 0.5) is 0 Å². The van der Waals surface area contributed by atoms with E-state index in [0.29, 0.717) is 18.8 Å². The van der Waals surface area contributed by atoms with Crippen molar-refractivity contribution in [2.45, 2.75) is 37.1 Å². The zero-order valence-electron chi connectivity index (χ0n) is 19.5. The molecule has 34 heavy (non-hydrogen) atoms. The molecule has 0 saturated carbocycles. The number of nitrogens with one attached hydrogen (secondary N) is 1. The van der Waals surface area contributed by atoms with E-state index in [1.165, 1.54) is 23.5 Å². The fourth-order valence-electron chi connectivity index (χ4n) is 4.38. The van der Waals surface area contributed by atoms with E-state index in [-0.39, 0.29) is 10.5 Å². The lowest BCUT2D eigenvalue weighted by Gasteiger charge is -2.26. The number of methoxy groups -OCH3 is 1. The number of carbonyl (C=O) groups is 1. The maximum absolute atomic E-state index is 13.5. The van der Waals surface area contributed by atoms with Crippen molar-refractivity contribution in [2.75, 3.05) is 20.2 Å². The molecule has 0 radical (unpaired) electrons. The van der Waals surface area contributed by atoms with E-state index in [1.54, 1.807) is 6.07 Å². The molecule has 6 nitrogen and oxygen atoms in total. The smallest absolute Gasteiger partial charge is 0.255 e. The first-order chi connectivity index (χ1) is 16.4. The molecule has 1 atom stereocenters. The number of carbonyl (C=O) groups excluding carboxylic acids is 1. The van der Waals surface area contributed by atoms with E-state index < -0.39 is 22.0 Å². The Morgan fingerprint density at radius 1 is 0.941 bits per heavy atom. The molecule has 0 aromatic heterocycles. The highest BCUT2D eigenvalue weighted by Crippen LogP contribution is 2.29. The lowest BCUT2D eigenvalue weighted by Crippen LogP contribution is -2.36. The van der Waals surface area contributed by atoms with Crippen LogP contribution in [0, 0.1) is 6.92 Å². The number of rotatable bonds is 7. The minimum absolute atomic E-state index is 0.104. The first kappa shape index (κ1) is 24.0. The lowest BCUT2D eigenvalue weighted by atomic mass is 9.94. The molecule has 1 aliphatic heterocycles. The lowest BCUT2D eigenvalue weighted by molar-refractivity contribution is 0.0939. The summed E-state index contributed by atoms with van der Waals surface area (Å²) in [5.74, 6) is -0.0728. The summed E-state index contributed by atoms with van der Waals surface area (Å²) >= 11 is 0. The second-order valence-corrected chi connectivity index (χ2v) is 10.4. The quantitative estimate of drug-likeness (QED) is 0.534. The normalized spacial score (nSPS) is 15.5. The topological polar surface area (TPSA) is 75.7 Å². The Morgan fingerprint density at radius 2 is 1.62 bits per heavy atom. The Kier molecular flexibility index (Phi) is 7.34. The Labute approximate surface area is 201 Å². The molecule has 1 aliphatic rings. The highest BCUT2D eigenvalue weighted by atomic mass is 32.2. The summed E-state index contributed by atoms with van der Waals surface area (Å²) in [6.45, 7) is 3.00. The number of hydrogen-bond acceptors (Lipinski definition) is 4. The van der Waals surface area contributed by atoms with Gasteiger partial charge in [-0.15, -0.1) is 0 Å². The Bertz CT molecular complexity index is 1250. The summed E-state index contributed by atoms with van der Waals surface area (Å²) in [7, 11) is -2.21. The summed E-state index contributed by atoms with van der Waals surface area (Å²) < 4.78 is 33.4.